The average molecular weight is 783 g/mol. The Morgan fingerprint density at radius 2 is 1.35 bits per heavy atom. The van der Waals surface area contributed by atoms with Crippen molar-refractivity contribution in [2.75, 3.05) is 0 Å². The molecule has 0 aromatic heterocycles. The molecule has 0 radical (unpaired) electrons. The van der Waals surface area contributed by atoms with Gasteiger partial charge in [-0.15, -0.1) is 0 Å². The Kier molecular flexibility index (Phi) is 15.0. The maximum atomic E-state index is 2.48. The minimum atomic E-state index is 0.630. The van der Waals surface area contributed by atoms with Gasteiger partial charge < -0.3 is 0 Å². The molecule has 2 aliphatic carbocycles. The van der Waals surface area contributed by atoms with Crippen LogP contribution in [0.5, 0.6) is 0 Å². The lowest BCUT2D eigenvalue weighted by Crippen LogP contribution is -2.21. The molecule has 0 spiro atoms. The van der Waals surface area contributed by atoms with Crippen LogP contribution in [0, 0.1) is 23.7 Å². The average Bonchev–Trinajstić information content (AvgIpc) is 4.02. The van der Waals surface area contributed by atoms with Crippen molar-refractivity contribution >= 4 is 27.1 Å². The van der Waals surface area contributed by atoms with Crippen molar-refractivity contribution in [3.8, 4) is 22.3 Å². The van der Waals surface area contributed by atoms with Crippen LogP contribution in [0.25, 0.3) is 49.4 Å². The van der Waals surface area contributed by atoms with Crippen molar-refractivity contribution in [2.45, 2.75) is 65.7 Å². The number of hydrogen-bond acceptors (Lipinski definition) is 0. The fourth-order valence-corrected chi connectivity index (χ4v) is 8.71. The SMILES string of the molecule is C\C=C/C=C\C(=C\C=C/C=C/[C@H]1CCC1/C=C\C/C=C\C=C\C)c1ccc2cc(-c3ccccccc4ccccc4c3-c3cccc(C4C[C@H]4CC(C)C)c3)ccc2c1. The van der Waals surface area contributed by atoms with Gasteiger partial charge >= 0.3 is 0 Å². The van der Waals surface area contributed by atoms with Crippen molar-refractivity contribution in [1.29, 1.82) is 0 Å². The summed E-state index contributed by atoms with van der Waals surface area (Å²) < 4.78 is 0. The molecule has 0 saturated heterocycles. The van der Waals surface area contributed by atoms with Gasteiger partial charge in [0.25, 0.3) is 0 Å². The van der Waals surface area contributed by atoms with E-state index in [1.54, 1.807) is 0 Å². The predicted octanol–water partition coefficient (Wildman–Crippen LogP) is 17.3. The van der Waals surface area contributed by atoms with Crippen molar-refractivity contribution < 1.29 is 0 Å². The molecule has 60 heavy (non-hydrogen) atoms. The Balaban J connectivity index is 1.20. The fraction of sp³-hybridized carbons (Fsp3) is 0.233. The summed E-state index contributed by atoms with van der Waals surface area (Å²) >= 11 is 0. The molecule has 5 aromatic rings. The first-order valence-electron chi connectivity index (χ1n) is 22.3. The molecule has 302 valence electrons. The van der Waals surface area contributed by atoms with Crippen molar-refractivity contribution in [3.05, 3.63) is 224 Å². The zero-order valence-electron chi connectivity index (χ0n) is 36.1. The van der Waals surface area contributed by atoms with Crippen LogP contribution in [-0.2, 0) is 0 Å². The standard InChI is InChI=1S/C60H62/c1-5-7-9-10-11-16-26-47-34-35-48(47)27-19-14-18-25-46(24-15-8-6-2)50-36-37-52-42-54(39-38-51(52)41-50)58-32-20-13-12-17-28-49-29-21-22-33-57(49)60(58)55-31-23-30-53(43-55)59-44-56(59)40-45(3)4/h5-10,12-33,36-39,41-43,45,47-48,56,59H,11,34-35,40,44H2,1-4H3/b7-5+,8-6-,10-9-,13-12?,17-12?,18-14-,20-13?,24-15-,26-16-,27-19+,28-17?,32-20?,46-25-,49-28?,58-32?,60-57?,60-58?/t47?,48-,56+,59?/m0/s1. The maximum absolute atomic E-state index is 2.48. The van der Waals surface area contributed by atoms with E-state index in [1.807, 2.05) is 6.92 Å². The van der Waals surface area contributed by atoms with Crippen LogP contribution in [0.15, 0.2) is 212 Å². The van der Waals surface area contributed by atoms with Crippen molar-refractivity contribution in [1.82, 2.24) is 0 Å². The summed E-state index contributed by atoms with van der Waals surface area (Å²) in [6.07, 6.45) is 39.1. The Morgan fingerprint density at radius 1 is 0.600 bits per heavy atom. The van der Waals surface area contributed by atoms with Gasteiger partial charge in [-0.2, -0.15) is 0 Å². The lowest BCUT2D eigenvalue weighted by atomic mass is 9.73. The zero-order chi connectivity index (χ0) is 41.5. The number of hydrogen-bond donors (Lipinski definition) is 0. The quantitative estimate of drug-likeness (QED) is 0.0733. The van der Waals surface area contributed by atoms with E-state index in [0.717, 1.165) is 18.3 Å². The lowest BCUT2D eigenvalue weighted by molar-refractivity contribution is 0.286. The molecule has 0 N–H and O–H groups in total. The highest BCUT2D eigenvalue weighted by Gasteiger charge is 2.38. The van der Waals surface area contributed by atoms with Crippen LogP contribution in [0.1, 0.15) is 76.8 Å². The topological polar surface area (TPSA) is 0 Å². The molecule has 5 aromatic carbocycles. The van der Waals surface area contributed by atoms with Crippen LogP contribution in [0.3, 0.4) is 0 Å². The van der Waals surface area contributed by atoms with Gasteiger partial charge in [0.05, 0.1) is 0 Å². The summed E-state index contributed by atoms with van der Waals surface area (Å²) in [5.74, 6) is 3.48. The molecule has 2 fully saturated rings. The van der Waals surface area contributed by atoms with Gasteiger partial charge in [0, 0.05) is 0 Å². The van der Waals surface area contributed by atoms with E-state index in [0.29, 0.717) is 17.8 Å². The molecule has 0 bridgehead atoms. The van der Waals surface area contributed by atoms with Gasteiger partial charge in [-0.25, -0.2) is 0 Å². The summed E-state index contributed by atoms with van der Waals surface area (Å²) in [5.41, 5.74) is 8.86. The number of rotatable bonds is 15. The van der Waals surface area contributed by atoms with E-state index in [2.05, 4.69) is 233 Å². The van der Waals surface area contributed by atoms with Crippen LogP contribution < -0.4 is 0 Å². The van der Waals surface area contributed by atoms with E-state index >= 15 is 0 Å². The van der Waals surface area contributed by atoms with Gasteiger partial charge in [-0.3, -0.25) is 0 Å². The Morgan fingerprint density at radius 3 is 2.17 bits per heavy atom. The normalized spacial score (nSPS) is 19.7. The lowest BCUT2D eigenvalue weighted by Gasteiger charge is -2.32. The number of fused-ring (bicyclic) bond motifs is 2. The minimum absolute atomic E-state index is 0.630. The third kappa shape index (κ3) is 11.2. The predicted molar refractivity (Wildman–Crippen MR) is 264 cm³/mol. The van der Waals surface area contributed by atoms with Crippen LogP contribution in [0.4, 0.5) is 0 Å². The van der Waals surface area contributed by atoms with Crippen LogP contribution in [0.2, 0.25) is 0 Å². The molecule has 2 saturated carbocycles. The molecule has 2 aliphatic rings. The Labute approximate surface area is 360 Å². The van der Waals surface area contributed by atoms with E-state index in [4.69, 9.17) is 0 Å². The molecule has 0 amide bonds. The van der Waals surface area contributed by atoms with Crippen LogP contribution in [-0.4, -0.2) is 0 Å². The zero-order valence-corrected chi connectivity index (χ0v) is 36.1. The Bertz CT molecular complexity index is 2540. The highest BCUT2D eigenvalue weighted by atomic mass is 14.4. The molecule has 7 rings (SSSR count). The van der Waals surface area contributed by atoms with Crippen molar-refractivity contribution in [3.63, 3.8) is 0 Å². The minimum Gasteiger partial charge on any atom is -0.0877 e. The summed E-state index contributed by atoms with van der Waals surface area (Å²) in [5, 5.41) is 4.94. The first-order chi connectivity index (χ1) is 29.5. The molecular weight excluding hydrogens is 721 g/mol. The fourth-order valence-electron chi connectivity index (χ4n) is 8.71. The van der Waals surface area contributed by atoms with Gasteiger partial charge in [0.2, 0.25) is 0 Å². The second-order valence-corrected chi connectivity index (χ2v) is 16.9. The molecule has 2 unspecified atom stereocenters. The summed E-state index contributed by atoms with van der Waals surface area (Å²) in [4.78, 5) is 0. The Hall–Kier alpha value is -5.98. The van der Waals surface area contributed by atoms with E-state index in [9.17, 15) is 0 Å². The van der Waals surface area contributed by atoms with Crippen molar-refractivity contribution in [2.24, 2.45) is 23.7 Å². The third-order valence-corrected chi connectivity index (χ3v) is 12.1. The molecule has 0 heterocycles. The van der Waals surface area contributed by atoms with E-state index in [1.165, 1.54) is 86.2 Å². The first kappa shape index (κ1) is 42.2. The molecular formula is C60H62. The second-order valence-electron chi connectivity index (χ2n) is 16.9. The third-order valence-electron chi connectivity index (χ3n) is 12.1. The highest BCUT2D eigenvalue weighted by molar-refractivity contribution is 6.03. The molecule has 0 aliphatic heterocycles. The molecule has 0 heteroatoms. The van der Waals surface area contributed by atoms with E-state index < -0.39 is 0 Å². The number of allylic oxidation sites excluding steroid dienone is 16. The first-order valence-corrected chi connectivity index (χ1v) is 22.3. The molecule has 0 nitrogen and oxygen atoms in total. The van der Waals surface area contributed by atoms with Gasteiger partial charge in [-0.05, 0) is 148 Å². The second kappa shape index (κ2) is 21.3. The van der Waals surface area contributed by atoms with E-state index in [-0.39, 0.29) is 0 Å². The summed E-state index contributed by atoms with van der Waals surface area (Å²) in [6, 6.07) is 45.3. The summed E-state index contributed by atoms with van der Waals surface area (Å²) in [7, 11) is 0. The van der Waals surface area contributed by atoms with Gasteiger partial charge in [0.15, 0.2) is 0 Å². The van der Waals surface area contributed by atoms with Gasteiger partial charge in [-0.1, -0.05) is 214 Å². The molecule has 4 atom stereocenters. The summed E-state index contributed by atoms with van der Waals surface area (Å²) in [6.45, 7) is 8.81. The highest BCUT2D eigenvalue weighted by Crippen LogP contribution is 2.51. The maximum Gasteiger partial charge on any atom is -0.00267 e. The smallest absolute Gasteiger partial charge is 0.00267 e. The monoisotopic (exact) mass is 782 g/mol. The largest absolute Gasteiger partial charge is 0.0877 e. The number of benzene rings is 4. The van der Waals surface area contributed by atoms with Crippen LogP contribution >= 0.6 is 0 Å². The van der Waals surface area contributed by atoms with Gasteiger partial charge in [0.1, 0.15) is 0 Å².